The van der Waals surface area contributed by atoms with Gasteiger partial charge in [-0.1, -0.05) is 42.5 Å². The zero-order valence-corrected chi connectivity index (χ0v) is 19.6. The molecule has 1 aliphatic heterocycles. The first-order valence-corrected chi connectivity index (χ1v) is 12.3. The lowest BCUT2D eigenvalue weighted by molar-refractivity contribution is -0.123. The fraction of sp³-hybridized carbons (Fsp3) is 0.440. The van der Waals surface area contributed by atoms with Crippen molar-refractivity contribution in [2.24, 2.45) is 0 Å². The van der Waals surface area contributed by atoms with Crippen molar-refractivity contribution in [3.63, 3.8) is 0 Å². The number of para-hydroxylation sites is 1. The van der Waals surface area contributed by atoms with E-state index in [2.05, 4.69) is 22.8 Å². The Morgan fingerprint density at radius 2 is 1.78 bits per heavy atom. The number of hydrogen-bond acceptors (Lipinski definition) is 5. The maximum absolute atomic E-state index is 13.2. The maximum atomic E-state index is 13.2. The van der Waals surface area contributed by atoms with Crippen LogP contribution in [0.5, 0.6) is 5.75 Å². The molecular formula is C25H32N2O4S. The van der Waals surface area contributed by atoms with Gasteiger partial charge in [-0.3, -0.25) is 9.59 Å². The average Bonchev–Trinajstić information content (AvgIpc) is 2.86. The Labute approximate surface area is 194 Å². The second-order valence-electron chi connectivity index (χ2n) is 7.98. The Hall–Kier alpha value is -2.51. The SMILES string of the molecule is COc1ccccc1C(=O)NC(CCSC)C(=O)NCC1(c2ccccc2)CCOCC1. The summed E-state index contributed by atoms with van der Waals surface area (Å²) in [7, 11) is 1.53. The van der Waals surface area contributed by atoms with Crippen LogP contribution in [0.2, 0.25) is 0 Å². The van der Waals surface area contributed by atoms with Gasteiger partial charge < -0.3 is 20.1 Å². The second-order valence-corrected chi connectivity index (χ2v) is 8.97. The van der Waals surface area contributed by atoms with Crippen molar-refractivity contribution in [3.8, 4) is 5.75 Å². The zero-order chi connectivity index (χ0) is 22.8. The molecule has 1 atom stereocenters. The summed E-state index contributed by atoms with van der Waals surface area (Å²) in [6.45, 7) is 1.86. The molecule has 0 aliphatic carbocycles. The molecule has 0 radical (unpaired) electrons. The topological polar surface area (TPSA) is 76.7 Å². The van der Waals surface area contributed by atoms with Crippen molar-refractivity contribution < 1.29 is 19.1 Å². The molecule has 0 spiro atoms. The highest BCUT2D eigenvalue weighted by Crippen LogP contribution is 2.34. The molecule has 1 aliphatic rings. The van der Waals surface area contributed by atoms with Gasteiger partial charge in [0, 0.05) is 25.2 Å². The fourth-order valence-corrected chi connectivity index (χ4v) is 4.55. The molecule has 32 heavy (non-hydrogen) atoms. The van der Waals surface area contributed by atoms with Crippen LogP contribution in [-0.2, 0) is 14.9 Å². The number of nitrogens with one attached hydrogen (secondary N) is 2. The first kappa shape index (κ1) is 24.1. The van der Waals surface area contributed by atoms with E-state index in [0.717, 1.165) is 18.6 Å². The molecule has 6 nitrogen and oxygen atoms in total. The van der Waals surface area contributed by atoms with Crippen molar-refractivity contribution in [1.82, 2.24) is 10.6 Å². The van der Waals surface area contributed by atoms with Crippen LogP contribution >= 0.6 is 11.8 Å². The van der Waals surface area contributed by atoms with Gasteiger partial charge in [0.25, 0.3) is 5.91 Å². The second kappa shape index (κ2) is 11.9. The normalized spacial score (nSPS) is 16.1. The number of carbonyl (C=O) groups excluding carboxylic acids is 2. The molecule has 1 unspecified atom stereocenters. The minimum atomic E-state index is -0.618. The summed E-state index contributed by atoms with van der Waals surface area (Å²) in [5.41, 5.74) is 1.47. The van der Waals surface area contributed by atoms with Crippen LogP contribution in [0.4, 0.5) is 0 Å². The van der Waals surface area contributed by atoms with E-state index in [1.54, 1.807) is 30.0 Å². The van der Waals surface area contributed by atoms with Gasteiger partial charge in [0.1, 0.15) is 11.8 Å². The number of ether oxygens (including phenoxy) is 2. The third kappa shape index (κ3) is 6.04. The van der Waals surface area contributed by atoms with Gasteiger partial charge in [0.15, 0.2) is 0 Å². The summed E-state index contributed by atoms with van der Waals surface area (Å²) in [6.07, 6.45) is 4.24. The predicted octanol–water partition coefficient (Wildman–Crippen LogP) is 3.41. The highest BCUT2D eigenvalue weighted by molar-refractivity contribution is 7.98. The summed E-state index contributed by atoms with van der Waals surface area (Å²) < 4.78 is 10.9. The maximum Gasteiger partial charge on any atom is 0.255 e. The van der Waals surface area contributed by atoms with E-state index in [9.17, 15) is 9.59 Å². The molecule has 0 bridgehead atoms. The first-order chi connectivity index (χ1) is 15.6. The summed E-state index contributed by atoms with van der Waals surface area (Å²) in [4.78, 5) is 26.1. The van der Waals surface area contributed by atoms with Crippen LogP contribution in [0.1, 0.15) is 35.2 Å². The molecule has 2 aromatic rings. The third-order valence-electron chi connectivity index (χ3n) is 6.02. The van der Waals surface area contributed by atoms with Crippen molar-refractivity contribution in [2.75, 3.05) is 38.9 Å². The number of hydrogen-bond donors (Lipinski definition) is 2. The Bertz CT molecular complexity index is 885. The van der Waals surface area contributed by atoms with Gasteiger partial charge in [0.05, 0.1) is 12.7 Å². The van der Waals surface area contributed by atoms with Gasteiger partial charge in [-0.2, -0.15) is 11.8 Å². The van der Waals surface area contributed by atoms with Crippen molar-refractivity contribution in [3.05, 3.63) is 65.7 Å². The minimum absolute atomic E-state index is 0.161. The molecular weight excluding hydrogens is 424 g/mol. The van der Waals surface area contributed by atoms with E-state index in [0.29, 0.717) is 37.5 Å². The lowest BCUT2D eigenvalue weighted by Gasteiger charge is -2.38. The van der Waals surface area contributed by atoms with Crippen LogP contribution < -0.4 is 15.4 Å². The van der Waals surface area contributed by atoms with E-state index in [-0.39, 0.29) is 17.2 Å². The smallest absolute Gasteiger partial charge is 0.255 e. The number of carbonyl (C=O) groups is 2. The lowest BCUT2D eigenvalue weighted by Crippen LogP contribution is -2.51. The number of rotatable bonds is 10. The van der Waals surface area contributed by atoms with Gasteiger partial charge in [0.2, 0.25) is 5.91 Å². The van der Waals surface area contributed by atoms with E-state index in [1.807, 2.05) is 30.5 Å². The third-order valence-corrected chi connectivity index (χ3v) is 6.67. The molecule has 172 valence electrons. The first-order valence-electron chi connectivity index (χ1n) is 10.9. The van der Waals surface area contributed by atoms with E-state index >= 15 is 0 Å². The molecule has 2 N–H and O–H groups in total. The number of methoxy groups -OCH3 is 1. The molecule has 2 amide bonds. The van der Waals surface area contributed by atoms with Crippen LogP contribution in [0.25, 0.3) is 0 Å². The molecule has 1 saturated heterocycles. The van der Waals surface area contributed by atoms with Crippen LogP contribution in [0, 0.1) is 0 Å². The molecule has 1 fully saturated rings. The zero-order valence-electron chi connectivity index (χ0n) is 18.8. The molecule has 1 heterocycles. The largest absolute Gasteiger partial charge is 0.496 e. The summed E-state index contributed by atoms with van der Waals surface area (Å²) in [6, 6.07) is 16.7. The fourth-order valence-electron chi connectivity index (χ4n) is 4.07. The van der Waals surface area contributed by atoms with Gasteiger partial charge in [-0.25, -0.2) is 0 Å². The van der Waals surface area contributed by atoms with Crippen molar-refractivity contribution >= 4 is 23.6 Å². The van der Waals surface area contributed by atoms with Crippen LogP contribution in [-0.4, -0.2) is 56.7 Å². The van der Waals surface area contributed by atoms with Gasteiger partial charge in [-0.05, 0) is 49.0 Å². The number of thioether (sulfide) groups is 1. The van der Waals surface area contributed by atoms with Crippen LogP contribution in [0.15, 0.2) is 54.6 Å². The Balaban J connectivity index is 1.71. The lowest BCUT2D eigenvalue weighted by atomic mass is 9.74. The molecule has 2 aromatic carbocycles. The number of benzene rings is 2. The number of amides is 2. The molecule has 7 heteroatoms. The van der Waals surface area contributed by atoms with E-state index in [4.69, 9.17) is 9.47 Å². The van der Waals surface area contributed by atoms with Crippen LogP contribution in [0.3, 0.4) is 0 Å². The standard InChI is InChI=1S/C25H32N2O4S/c1-30-22-11-7-6-10-20(22)23(28)27-21(12-17-32-2)24(29)26-18-25(13-15-31-16-14-25)19-8-4-3-5-9-19/h3-11,21H,12-18H2,1-2H3,(H,26,29)(H,27,28). The summed E-state index contributed by atoms with van der Waals surface area (Å²) >= 11 is 1.65. The minimum Gasteiger partial charge on any atom is -0.496 e. The summed E-state index contributed by atoms with van der Waals surface area (Å²) in [5, 5.41) is 6.05. The Kier molecular flexibility index (Phi) is 9.00. The molecule has 0 aromatic heterocycles. The summed E-state index contributed by atoms with van der Waals surface area (Å²) in [5.74, 6) is 0.776. The Morgan fingerprint density at radius 3 is 2.47 bits per heavy atom. The quantitative estimate of drug-likeness (QED) is 0.573. The predicted molar refractivity (Wildman–Crippen MR) is 128 cm³/mol. The average molecular weight is 457 g/mol. The van der Waals surface area contributed by atoms with E-state index < -0.39 is 6.04 Å². The van der Waals surface area contributed by atoms with Crippen molar-refractivity contribution in [2.45, 2.75) is 30.7 Å². The van der Waals surface area contributed by atoms with Gasteiger partial charge >= 0.3 is 0 Å². The molecule has 0 saturated carbocycles. The highest BCUT2D eigenvalue weighted by atomic mass is 32.2. The molecule has 3 rings (SSSR count). The van der Waals surface area contributed by atoms with E-state index in [1.165, 1.54) is 12.7 Å². The highest BCUT2D eigenvalue weighted by Gasteiger charge is 2.35. The Morgan fingerprint density at radius 1 is 1.09 bits per heavy atom. The monoisotopic (exact) mass is 456 g/mol. The van der Waals surface area contributed by atoms with Gasteiger partial charge in [-0.15, -0.1) is 0 Å². The van der Waals surface area contributed by atoms with Crippen molar-refractivity contribution in [1.29, 1.82) is 0 Å².